The standard InChI is InChI=1S/C20H32O6.C20H32O5.C20H32O2.H2O2.O2/c1-2-3-6-9-15(24-23)12-13-17-16(18-14-19(17)26-25-18)10-7-4-5-8-11-20(21)22;1-2-3-6-9-15(21)12-13-17-16(18-14-19(17)25-24-18)10-7-4-5-8-11-20(22)23;1-2-3-4-5-6-7-8-9-10-11-12-13-14-15-16-17-18-19-20(21)22;2*1-2/h4,7,12-13,15-19,23H,2-3,5-6,8-11,14H2,1H3,(H,21,22);4,7,12-13,15-19,21H,2-3,5-6,8-11,14H2,1H3,(H,22,23);6-7,9-10,12-13,15-16H,2-5,8,11,14,17-19H2,1H3,(H,21,22);1-2H;/b2*7-4-,13-12+;7-6-,10-9-,13-12-,16-15-;;/t2*15-,16+,17+,18?,19+;;;/m00.../s1. The van der Waals surface area contributed by atoms with Gasteiger partial charge < -0.3 is 20.4 Å². The van der Waals surface area contributed by atoms with Gasteiger partial charge in [-0.15, -0.1) is 0 Å². The highest BCUT2D eigenvalue weighted by Gasteiger charge is 2.50. The highest BCUT2D eigenvalue weighted by atomic mass is 17.2. The van der Waals surface area contributed by atoms with Crippen molar-refractivity contribution in [3.63, 3.8) is 0 Å². The zero-order valence-electron chi connectivity index (χ0n) is 46.5. The number of fused-ring (bicyclic) bond motifs is 4. The normalized spacial score (nSPS) is 23.2. The van der Waals surface area contributed by atoms with E-state index in [-0.39, 0.29) is 67.7 Å². The van der Waals surface area contributed by atoms with E-state index < -0.39 is 17.9 Å². The minimum atomic E-state index is -0.748. The van der Waals surface area contributed by atoms with Crippen LogP contribution in [0.3, 0.4) is 0 Å². The first-order chi connectivity index (χ1) is 37.5. The van der Waals surface area contributed by atoms with Crippen molar-refractivity contribution >= 4 is 17.9 Å². The Balaban J connectivity index is 0.00000109. The summed E-state index contributed by atoms with van der Waals surface area (Å²) in [7, 11) is 0. The monoisotopic (exact) mass is 1090 g/mol. The molecule has 440 valence electrons. The minimum Gasteiger partial charge on any atom is -0.481 e. The van der Waals surface area contributed by atoms with Crippen LogP contribution in [0.4, 0.5) is 0 Å². The lowest BCUT2D eigenvalue weighted by Crippen LogP contribution is -2.29. The lowest BCUT2D eigenvalue weighted by Gasteiger charge is -2.27. The Morgan fingerprint density at radius 3 is 1.23 bits per heavy atom. The Morgan fingerprint density at radius 2 is 0.831 bits per heavy atom. The zero-order valence-corrected chi connectivity index (χ0v) is 46.5. The Labute approximate surface area is 459 Å². The van der Waals surface area contributed by atoms with E-state index in [1.165, 1.54) is 25.7 Å². The molecule has 0 spiro atoms. The molecule has 0 radical (unpaired) electrons. The molecule has 0 aromatic carbocycles. The number of hydrogen-bond acceptors (Lipinski definition) is 14. The Morgan fingerprint density at radius 1 is 0.481 bits per heavy atom. The molecule has 2 unspecified atom stereocenters. The average molecular weight is 1090 g/mol. The predicted molar refractivity (Wildman–Crippen MR) is 301 cm³/mol. The van der Waals surface area contributed by atoms with Gasteiger partial charge in [-0.3, -0.25) is 30.2 Å². The third-order valence-electron chi connectivity index (χ3n) is 13.7. The van der Waals surface area contributed by atoms with E-state index >= 15 is 0 Å². The van der Waals surface area contributed by atoms with Gasteiger partial charge in [0.15, 0.2) is 0 Å². The molecule has 4 rings (SSSR count). The van der Waals surface area contributed by atoms with Crippen molar-refractivity contribution in [2.45, 2.75) is 237 Å². The Bertz CT molecular complexity index is 1710. The van der Waals surface area contributed by atoms with Crippen LogP contribution in [0.1, 0.15) is 201 Å². The van der Waals surface area contributed by atoms with Crippen LogP contribution in [0.2, 0.25) is 0 Å². The molecular weight excluding hydrogens is 993 g/mol. The lowest BCUT2D eigenvalue weighted by molar-refractivity contribution is -0.336. The molecule has 10 atom stereocenters. The van der Waals surface area contributed by atoms with E-state index in [1.54, 1.807) is 0 Å². The smallest absolute Gasteiger partial charge is 0.303 e. The molecule has 17 nitrogen and oxygen atoms in total. The van der Waals surface area contributed by atoms with Crippen LogP contribution < -0.4 is 0 Å². The summed E-state index contributed by atoms with van der Waals surface area (Å²) in [4.78, 5) is 71.5. The first-order valence-electron chi connectivity index (χ1n) is 28.4. The molecule has 4 fully saturated rings. The molecule has 2 aliphatic carbocycles. The van der Waals surface area contributed by atoms with Crippen LogP contribution in [0.25, 0.3) is 0 Å². The molecule has 0 aromatic heterocycles. The molecule has 0 amide bonds. The molecule has 77 heavy (non-hydrogen) atoms. The second-order valence-electron chi connectivity index (χ2n) is 19.8. The van der Waals surface area contributed by atoms with Crippen molar-refractivity contribution in [2.75, 3.05) is 0 Å². The average Bonchev–Trinajstić information content (AvgIpc) is 4.25. The molecule has 0 aromatic rings. The molecule has 4 aliphatic rings. The van der Waals surface area contributed by atoms with Gasteiger partial charge >= 0.3 is 17.9 Å². The summed E-state index contributed by atoms with van der Waals surface area (Å²) in [6.45, 7) is 6.54. The van der Waals surface area contributed by atoms with Gasteiger partial charge in [0.25, 0.3) is 0 Å². The summed E-state index contributed by atoms with van der Waals surface area (Å²) in [5, 5.41) is 57.0. The molecule has 7 N–H and O–H groups in total. The first kappa shape index (κ1) is 72.6. The fourth-order valence-electron chi connectivity index (χ4n) is 9.44. The molecular formula is C60H98O17. The number of carboxylic acids is 3. The third kappa shape index (κ3) is 37.1. The Hall–Kier alpha value is -4.43. The fraction of sp³-hybridized carbons (Fsp3) is 0.683. The largest absolute Gasteiger partial charge is 0.481 e. The third-order valence-corrected chi connectivity index (χ3v) is 13.7. The number of carbonyl (C=O) groups is 3. The second kappa shape index (κ2) is 51.0. The number of aliphatic hydroxyl groups excluding tert-OH is 1. The van der Waals surface area contributed by atoms with Crippen molar-refractivity contribution in [3.8, 4) is 0 Å². The summed E-state index contributed by atoms with van der Waals surface area (Å²) in [5.74, 6) is -0.957. The van der Waals surface area contributed by atoms with Gasteiger partial charge in [-0.05, 0) is 96.3 Å². The van der Waals surface area contributed by atoms with Crippen LogP contribution in [0.15, 0.2) is 97.2 Å². The maximum absolute atomic E-state index is 10.5. The number of carboxylic acid groups (broad SMARTS) is 3. The van der Waals surface area contributed by atoms with E-state index in [2.05, 4.69) is 111 Å². The van der Waals surface area contributed by atoms with E-state index in [0.29, 0.717) is 24.7 Å². The first-order valence-corrected chi connectivity index (χ1v) is 28.4. The van der Waals surface area contributed by atoms with E-state index in [0.717, 1.165) is 122 Å². The van der Waals surface area contributed by atoms with Gasteiger partial charge in [0.2, 0.25) is 0 Å². The quantitative estimate of drug-likeness (QED) is 0.0130. The molecule has 2 aliphatic heterocycles. The zero-order chi connectivity index (χ0) is 57.2. The maximum atomic E-state index is 10.5. The molecule has 2 saturated carbocycles. The number of aliphatic hydroxyl groups is 1. The minimum absolute atomic E-state index is 0.0663. The second-order valence-corrected chi connectivity index (χ2v) is 19.8. The number of rotatable bonds is 39. The summed E-state index contributed by atoms with van der Waals surface area (Å²) in [5.41, 5.74) is 0. The van der Waals surface area contributed by atoms with Crippen molar-refractivity contribution in [3.05, 3.63) is 107 Å². The van der Waals surface area contributed by atoms with Crippen LogP contribution >= 0.6 is 0 Å². The van der Waals surface area contributed by atoms with Gasteiger partial charge in [-0.25, -0.2) is 24.4 Å². The highest BCUT2D eigenvalue weighted by molar-refractivity contribution is 5.67. The van der Waals surface area contributed by atoms with Crippen molar-refractivity contribution in [1.29, 1.82) is 0 Å². The molecule has 2 saturated heterocycles. The number of allylic oxidation sites excluding steroid dienone is 12. The molecule has 17 heteroatoms. The van der Waals surface area contributed by atoms with E-state index in [4.69, 9.17) is 60.6 Å². The SMILES string of the molecule is CCCCC/C=C\C/C=C\C/C=C\C/C=C\CCCC(=O)O.CCCCC[C@@H](/C=C/[C@H]1[C@H]2CC(OO2)[C@@H]1C/C=C\CCCC(=O)O)OO.CCCCC[C@H](O)/C=C/[C@H]1[C@H]2CC(OO2)[C@@H]1C/C=C\CCCC(=O)O.O=O.OO. The summed E-state index contributed by atoms with van der Waals surface area (Å²) in [6, 6.07) is 0. The molecule has 4 bridgehead atoms. The topological polar surface area (TPSA) is 273 Å². The maximum Gasteiger partial charge on any atom is 0.303 e. The van der Waals surface area contributed by atoms with Gasteiger partial charge in [-0.2, -0.15) is 0 Å². The van der Waals surface area contributed by atoms with Crippen LogP contribution in [0, 0.1) is 33.6 Å². The van der Waals surface area contributed by atoms with Crippen LogP contribution in [-0.4, -0.2) is 90.7 Å². The van der Waals surface area contributed by atoms with Crippen molar-refractivity contribution in [2.24, 2.45) is 23.7 Å². The number of unbranched alkanes of at least 4 members (excludes halogenated alkanes) is 10. The Kier molecular flexibility index (Phi) is 48.1. The van der Waals surface area contributed by atoms with Gasteiger partial charge in [0.05, 0.1) is 18.3 Å². The van der Waals surface area contributed by atoms with Gasteiger partial charge in [0.1, 0.15) is 18.3 Å². The molecule has 2 heterocycles. The van der Waals surface area contributed by atoms with E-state index in [9.17, 15) is 19.5 Å². The van der Waals surface area contributed by atoms with Crippen LogP contribution in [0.5, 0.6) is 0 Å². The predicted octanol–water partition coefficient (Wildman–Crippen LogP) is 14.8. The van der Waals surface area contributed by atoms with Crippen molar-refractivity contribution in [1.82, 2.24) is 0 Å². The van der Waals surface area contributed by atoms with Gasteiger partial charge in [-0.1, -0.05) is 169 Å². The van der Waals surface area contributed by atoms with Crippen LogP contribution in [-0.2, 0) is 38.8 Å². The lowest BCUT2D eigenvalue weighted by atomic mass is 9.89. The summed E-state index contributed by atoms with van der Waals surface area (Å²) >= 11 is 0. The number of aliphatic carboxylic acids is 3. The van der Waals surface area contributed by atoms with E-state index in [1.807, 2.05) is 12.2 Å². The van der Waals surface area contributed by atoms with Crippen molar-refractivity contribution < 1.29 is 75.0 Å². The van der Waals surface area contributed by atoms with Gasteiger partial charge in [0, 0.05) is 65.7 Å². The number of hydrogen-bond donors (Lipinski definition) is 7. The highest BCUT2D eigenvalue weighted by Crippen LogP contribution is 2.46. The summed E-state index contributed by atoms with van der Waals surface area (Å²) in [6.07, 6.45) is 58.8. The summed E-state index contributed by atoms with van der Waals surface area (Å²) < 4.78 is 0. The fourth-order valence-corrected chi connectivity index (χ4v) is 9.44.